The van der Waals surface area contributed by atoms with Crippen LogP contribution in [-0.4, -0.2) is 25.0 Å². The highest BCUT2D eigenvalue weighted by atomic mass is 19.1. The summed E-state index contributed by atoms with van der Waals surface area (Å²) in [5, 5.41) is 2.57. The van der Waals surface area contributed by atoms with Gasteiger partial charge < -0.3 is 14.8 Å². The van der Waals surface area contributed by atoms with Gasteiger partial charge in [-0.2, -0.15) is 0 Å². The molecule has 1 amide bonds. The van der Waals surface area contributed by atoms with Crippen LogP contribution in [0.25, 0.3) is 0 Å². The fraction of sp³-hybridized carbons (Fsp3) is 0.200. The quantitative estimate of drug-likeness (QED) is 0.512. The van der Waals surface area contributed by atoms with E-state index in [1.165, 1.54) is 13.2 Å². The van der Waals surface area contributed by atoms with Gasteiger partial charge in [0.05, 0.1) is 13.5 Å². The Hall–Kier alpha value is -3.74. The van der Waals surface area contributed by atoms with Crippen LogP contribution in [0.3, 0.4) is 0 Å². The lowest BCUT2D eigenvalue weighted by molar-refractivity contribution is -0.145. The van der Waals surface area contributed by atoms with Gasteiger partial charge in [0.25, 0.3) is 0 Å². The van der Waals surface area contributed by atoms with Crippen molar-refractivity contribution in [2.45, 2.75) is 25.5 Å². The first kappa shape index (κ1) is 22.9. The van der Waals surface area contributed by atoms with Gasteiger partial charge in [-0.05, 0) is 34.9 Å². The van der Waals surface area contributed by atoms with E-state index in [2.05, 4.69) is 5.32 Å². The van der Waals surface area contributed by atoms with E-state index in [1.807, 2.05) is 30.3 Å². The third-order valence-electron chi connectivity index (χ3n) is 4.77. The molecular weight excluding hydrogens is 416 g/mol. The molecule has 3 aromatic carbocycles. The lowest BCUT2D eigenvalue weighted by Gasteiger charge is -2.17. The second-order valence-corrected chi connectivity index (χ2v) is 7.18. The van der Waals surface area contributed by atoms with E-state index in [0.717, 1.165) is 17.2 Å². The smallest absolute Gasteiger partial charge is 0.328 e. The van der Waals surface area contributed by atoms with Crippen molar-refractivity contribution >= 4 is 11.9 Å². The van der Waals surface area contributed by atoms with Gasteiger partial charge in [-0.15, -0.1) is 0 Å². The maximum atomic E-state index is 13.8. The van der Waals surface area contributed by atoms with Crippen LogP contribution in [0.4, 0.5) is 8.78 Å². The zero-order chi connectivity index (χ0) is 22.9. The van der Waals surface area contributed by atoms with E-state index in [1.54, 1.807) is 24.3 Å². The molecule has 1 atom stereocenters. The van der Waals surface area contributed by atoms with Gasteiger partial charge in [0.15, 0.2) is 0 Å². The molecule has 0 fully saturated rings. The highest BCUT2D eigenvalue weighted by molar-refractivity contribution is 5.85. The number of nitrogens with one attached hydrogen (secondary N) is 1. The molecule has 166 valence electrons. The van der Waals surface area contributed by atoms with Crippen LogP contribution in [0.2, 0.25) is 0 Å². The van der Waals surface area contributed by atoms with E-state index in [4.69, 9.17) is 9.47 Å². The number of carbonyl (C=O) groups is 2. The second-order valence-electron chi connectivity index (χ2n) is 7.18. The van der Waals surface area contributed by atoms with Gasteiger partial charge in [0.2, 0.25) is 5.91 Å². The molecule has 1 N–H and O–H groups in total. The summed E-state index contributed by atoms with van der Waals surface area (Å²) in [6.45, 7) is 0.394. The number of ether oxygens (including phenoxy) is 2. The summed E-state index contributed by atoms with van der Waals surface area (Å²) in [5.74, 6) is -2.14. The minimum absolute atomic E-state index is 0.0313. The van der Waals surface area contributed by atoms with E-state index in [9.17, 15) is 18.4 Å². The van der Waals surface area contributed by atoms with Crippen molar-refractivity contribution in [1.29, 1.82) is 0 Å². The van der Waals surface area contributed by atoms with Crippen LogP contribution < -0.4 is 10.1 Å². The molecule has 0 saturated heterocycles. The fourth-order valence-electron chi connectivity index (χ4n) is 3.16. The maximum Gasteiger partial charge on any atom is 0.328 e. The van der Waals surface area contributed by atoms with Crippen molar-refractivity contribution < 1.29 is 27.8 Å². The van der Waals surface area contributed by atoms with Crippen LogP contribution in [-0.2, 0) is 33.8 Å². The number of halogens is 2. The first-order chi connectivity index (χ1) is 15.4. The van der Waals surface area contributed by atoms with Gasteiger partial charge in [-0.25, -0.2) is 13.6 Å². The van der Waals surface area contributed by atoms with Gasteiger partial charge in [0.1, 0.15) is 30.0 Å². The van der Waals surface area contributed by atoms with Crippen LogP contribution >= 0.6 is 0 Å². The topological polar surface area (TPSA) is 64.6 Å². The van der Waals surface area contributed by atoms with Gasteiger partial charge in [-0.3, -0.25) is 4.79 Å². The van der Waals surface area contributed by atoms with E-state index < -0.39 is 29.6 Å². The minimum Gasteiger partial charge on any atom is -0.489 e. The lowest BCUT2D eigenvalue weighted by atomic mass is 10.0. The molecule has 0 aliphatic carbocycles. The van der Waals surface area contributed by atoms with E-state index >= 15 is 0 Å². The number of hydrogen-bond donors (Lipinski definition) is 1. The lowest BCUT2D eigenvalue weighted by Crippen LogP contribution is -2.43. The number of esters is 1. The van der Waals surface area contributed by atoms with Crippen LogP contribution in [0.1, 0.15) is 16.7 Å². The molecule has 0 bridgehead atoms. The summed E-state index contributed by atoms with van der Waals surface area (Å²) in [6.07, 6.45) is -0.174. The Bertz CT molecular complexity index is 1070. The van der Waals surface area contributed by atoms with Crippen LogP contribution in [0.15, 0.2) is 72.8 Å². The summed E-state index contributed by atoms with van der Waals surface area (Å²) >= 11 is 0. The maximum absolute atomic E-state index is 13.8. The average molecular weight is 439 g/mol. The molecule has 0 radical (unpaired) electrons. The average Bonchev–Trinajstić information content (AvgIpc) is 2.79. The molecular formula is C25H23F2NO4. The minimum atomic E-state index is -0.972. The highest BCUT2D eigenvalue weighted by Gasteiger charge is 2.23. The highest BCUT2D eigenvalue weighted by Crippen LogP contribution is 2.17. The standard InChI is InChI=1S/C25H23F2NO4/c1-31-25(30)23(28-24(29)14-19-10-11-20(26)15-22(19)27)13-18-8-5-9-21(12-18)32-16-17-6-3-2-4-7-17/h2-12,15,23H,13-14,16H2,1H3,(H,28,29)/t23-/m0/s1. The third kappa shape index (κ3) is 6.63. The van der Waals surface area contributed by atoms with Crippen molar-refractivity contribution in [1.82, 2.24) is 5.32 Å². The fourth-order valence-corrected chi connectivity index (χ4v) is 3.16. The Balaban J connectivity index is 1.64. The Morgan fingerprint density at radius 1 is 0.938 bits per heavy atom. The molecule has 0 saturated carbocycles. The van der Waals surface area contributed by atoms with Crippen molar-refractivity contribution in [3.63, 3.8) is 0 Å². The Morgan fingerprint density at radius 3 is 2.41 bits per heavy atom. The molecule has 0 aliphatic rings. The first-order valence-electron chi connectivity index (χ1n) is 10.0. The monoisotopic (exact) mass is 439 g/mol. The number of hydrogen-bond acceptors (Lipinski definition) is 4. The van der Waals surface area contributed by atoms with E-state index in [-0.39, 0.29) is 18.4 Å². The Kier molecular flexibility index (Phi) is 7.91. The molecule has 32 heavy (non-hydrogen) atoms. The van der Waals surface area contributed by atoms with Crippen molar-refractivity contribution in [3.8, 4) is 5.75 Å². The van der Waals surface area contributed by atoms with Gasteiger partial charge >= 0.3 is 5.97 Å². The van der Waals surface area contributed by atoms with Crippen LogP contribution in [0.5, 0.6) is 5.75 Å². The Morgan fingerprint density at radius 2 is 1.69 bits per heavy atom. The predicted molar refractivity (Wildman–Crippen MR) is 115 cm³/mol. The summed E-state index contributed by atoms with van der Waals surface area (Å²) < 4.78 is 37.5. The molecule has 0 heterocycles. The van der Waals surface area contributed by atoms with E-state index in [0.29, 0.717) is 18.4 Å². The number of methoxy groups -OCH3 is 1. The predicted octanol–water partition coefficient (Wildman–Crippen LogP) is 3.99. The zero-order valence-corrected chi connectivity index (χ0v) is 17.5. The third-order valence-corrected chi connectivity index (χ3v) is 4.77. The van der Waals surface area contributed by atoms with Crippen molar-refractivity contribution in [3.05, 3.63) is 101 Å². The van der Waals surface area contributed by atoms with Crippen molar-refractivity contribution in [2.75, 3.05) is 7.11 Å². The second kappa shape index (κ2) is 11.0. The molecule has 3 aromatic rings. The number of amides is 1. The largest absolute Gasteiger partial charge is 0.489 e. The summed E-state index contributed by atoms with van der Waals surface area (Å²) in [6, 6.07) is 18.9. The summed E-state index contributed by atoms with van der Waals surface area (Å²) in [5.41, 5.74) is 1.80. The normalized spacial score (nSPS) is 11.5. The Labute approximate surface area is 185 Å². The summed E-state index contributed by atoms with van der Waals surface area (Å²) in [7, 11) is 1.22. The molecule has 7 heteroatoms. The number of benzene rings is 3. The molecule has 0 aromatic heterocycles. The zero-order valence-electron chi connectivity index (χ0n) is 17.5. The molecule has 0 aliphatic heterocycles. The van der Waals surface area contributed by atoms with Gasteiger partial charge in [0, 0.05) is 12.5 Å². The molecule has 3 rings (SSSR count). The van der Waals surface area contributed by atoms with Gasteiger partial charge in [-0.1, -0.05) is 48.5 Å². The molecule has 5 nitrogen and oxygen atoms in total. The first-order valence-corrected chi connectivity index (χ1v) is 10.0. The van der Waals surface area contributed by atoms with Crippen molar-refractivity contribution in [2.24, 2.45) is 0 Å². The number of rotatable bonds is 9. The SMILES string of the molecule is COC(=O)[C@H](Cc1cccc(OCc2ccccc2)c1)NC(=O)Cc1ccc(F)cc1F. The summed E-state index contributed by atoms with van der Waals surface area (Å²) in [4.78, 5) is 24.6. The molecule has 0 spiro atoms. The number of carbonyl (C=O) groups excluding carboxylic acids is 2. The van der Waals surface area contributed by atoms with Crippen LogP contribution in [0, 0.1) is 11.6 Å². The molecule has 0 unspecified atom stereocenters.